The lowest BCUT2D eigenvalue weighted by Gasteiger charge is -2.22. The third-order valence-electron chi connectivity index (χ3n) is 3.22. The van der Waals surface area contributed by atoms with Gasteiger partial charge in [-0.25, -0.2) is 13.1 Å². The standard InChI is InChI=1S/C13H18BrNO2S/c14-12-8-6-11(7-9-12)10-18(16,17)15-13-4-2-1-3-5-13/h6-9,13,15H,1-5,10H2. The molecule has 1 aromatic carbocycles. The van der Waals surface area contributed by atoms with Gasteiger partial charge in [-0.05, 0) is 30.5 Å². The summed E-state index contributed by atoms with van der Waals surface area (Å²) < 4.78 is 27.8. The van der Waals surface area contributed by atoms with Gasteiger partial charge >= 0.3 is 0 Å². The van der Waals surface area contributed by atoms with E-state index in [9.17, 15) is 8.42 Å². The van der Waals surface area contributed by atoms with Gasteiger partial charge in [-0.3, -0.25) is 0 Å². The molecule has 0 saturated heterocycles. The number of sulfonamides is 1. The number of benzene rings is 1. The quantitative estimate of drug-likeness (QED) is 0.920. The Kier molecular flexibility index (Phi) is 4.81. The van der Waals surface area contributed by atoms with E-state index in [1.165, 1.54) is 6.42 Å². The zero-order valence-corrected chi connectivity index (χ0v) is 12.6. The van der Waals surface area contributed by atoms with Gasteiger partial charge in [0.1, 0.15) is 0 Å². The first-order chi connectivity index (χ1) is 8.55. The molecule has 2 rings (SSSR count). The van der Waals surface area contributed by atoms with Crippen molar-refractivity contribution in [3.63, 3.8) is 0 Å². The average molecular weight is 332 g/mol. The Hall–Kier alpha value is -0.390. The van der Waals surface area contributed by atoms with Gasteiger partial charge in [0.15, 0.2) is 0 Å². The lowest BCUT2D eigenvalue weighted by molar-refractivity contribution is 0.412. The van der Waals surface area contributed by atoms with E-state index in [1.54, 1.807) is 0 Å². The van der Waals surface area contributed by atoms with Crippen LogP contribution in [0.2, 0.25) is 0 Å². The Bertz CT molecular complexity index is 478. The molecule has 1 fully saturated rings. The topological polar surface area (TPSA) is 46.2 Å². The van der Waals surface area contributed by atoms with Crippen LogP contribution in [-0.4, -0.2) is 14.5 Å². The third kappa shape index (κ3) is 4.37. The van der Waals surface area contributed by atoms with E-state index in [-0.39, 0.29) is 11.8 Å². The van der Waals surface area contributed by atoms with Crippen molar-refractivity contribution in [2.75, 3.05) is 0 Å². The van der Waals surface area contributed by atoms with Gasteiger partial charge in [0.05, 0.1) is 5.75 Å². The number of rotatable bonds is 4. The van der Waals surface area contributed by atoms with Crippen molar-refractivity contribution < 1.29 is 8.42 Å². The summed E-state index contributed by atoms with van der Waals surface area (Å²) in [4.78, 5) is 0. The van der Waals surface area contributed by atoms with Crippen LogP contribution in [0.5, 0.6) is 0 Å². The summed E-state index contributed by atoms with van der Waals surface area (Å²) in [6.45, 7) is 0. The summed E-state index contributed by atoms with van der Waals surface area (Å²) >= 11 is 3.34. The second kappa shape index (κ2) is 6.17. The number of hydrogen-bond donors (Lipinski definition) is 1. The summed E-state index contributed by atoms with van der Waals surface area (Å²) in [5, 5.41) is 0. The minimum Gasteiger partial charge on any atom is -0.212 e. The highest BCUT2D eigenvalue weighted by molar-refractivity contribution is 9.10. The smallest absolute Gasteiger partial charge is 0.212 e. The fraction of sp³-hybridized carbons (Fsp3) is 0.538. The molecule has 100 valence electrons. The summed E-state index contributed by atoms with van der Waals surface area (Å²) in [6.07, 6.45) is 5.43. The molecule has 1 saturated carbocycles. The second-order valence-corrected chi connectivity index (χ2v) is 7.51. The molecular weight excluding hydrogens is 314 g/mol. The van der Waals surface area contributed by atoms with Crippen LogP contribution in [-0.2, 0) is 15.8 Å². The number of nitrogens with one attached hydrogen (secondary N) is 1. The average Bonchev–Trinajstić information content (AvgIpc) is 2.32. The molecule has 5 heteroatoms. The van der Waals surface area contributed by atoms with Crippen molar-refractivity contribution >= 4 is 26.0 Å². The first kappa shape index (κ1) is 14.0. The number of hydrogen-bond acceptors (Lipinski definition) is 2. The predicted octanol–water partition coefficient (Wildman–Crippen LogP) is 3.20. The summed E-state index contributed by atoms with van der Waals surface area (Å²) in [5.74, 6) is 0.0662. The molecule has 0 unspecified atom stereocenters. The molecule has 0 amide bonds. The van der Waals surface area contributed by atoms with Gasteiger partial charge < -0.3 is 0 Å². The third-order valence-corrected chi connectivity index (χ3v) is 5.16. The highest BCUT2D eigenvalue weighted by Crippen LogP contribution is 2.19. The van der Waals surface area contributed by atoms with Crippen LogP contribution >= 0.6 is 15.9 Å². The van der Waals surface area contributed by atoms with Crippen molar-refractivity contribution in [2.24, 2.45) is 0 Å². The zero-order valence-electron chi connectivity index (χ0n) is 10.2. The van der Waals surface area contributed by atoms with Crippen LogP contribution in [0.1, 0.15) is 37.7 Å². The van der Waals surface area contributed by atoms with Crippen molar-refractivity contribution in [2.45, 2.75) is 43.9 Å². The van der Waals surface area contributed by atoms with Crippen molar-refractivity contribution in [3.8, 4) is 0 Å². The largest absolute Gasteiger partial charge is 0.216 e. The van der Waals surface area contributed by atoms with E-state index in [1.807, 2.05) is 24.3 Å². The van der Waals surface area contributed by atoms with Gasteiger partial charge in [-0.1, -0.05) is 47.3 Å². The first-order valence-electron chi connectivity index (χ1n) is 6.30. The summed E-state index contributed by atoms with van der Waals surface area (Å²) in [6, 6.07) is 7.55. The Balaban J connectivity index is 1.96. The van der Waals surface area contributed by atoms with Crippen molar-refractivity contribution in [1.82, 2.24) is 4.72 Å². The molecule has 0 radical (unpaired) electrons. The van der Waals surface area contributed by atoms with E-state index in [0.717, 1.165) is 35.7 Å². The minimum atomic E-state index is -3.21. The highest BCUT2D eigenvalue weighted by Gasteiger charge is 2.20. The molecule has 18 heavy (non-hydrogen) atoms. The van der Waals surface area contributed by atoms with Crippen LogP contribution < -0.4 is 4.72 Å². The van der Waals surface area contributed by atoms with Crippen LogP contribution in [0, 0.1) is 0 Å². The Labute approximate surface area is 117 Å². The van der Waals surface area contributed by atoms with Gasteiger partial charge in [0.2, 0.25) is 10.0 Å². The van der Waals surface area contributed by atoms with E-state index < -0.39 is 10.0 Å². The van der Waals surface area contributed by atoms with Crippen molar-refractivity contribution in [1.29, 1.82) is 0 Å². The van der Waals surface area contributed by atoms with Gasteiger partial charge in [0, 0.05) is 10.5 Å². The molecule has 1 N–H and O–H groups in total. The van der Waals surface area contributed by atoms with E-state index >= 15 is 0 Å². The van der Waals surface area contributed by atoms with Crippen LogP contribution in [0.4, 0.5) is 0 Å². The monoisotopic (exact) mass is 331 g/mol. The first-order valence-corrected chi connectivity index (χ1v) is 8.74. The van der Waals surface area contributed by atoms with E-state index in [4.69, 9.17) is 0 Å². The lowest BCUT2D eigenvalue weighted by atomic mass is 9.96. The van der Waals surface area contributed by atoms with E-state index in [0.29, 0.717) is 0 Å². The highest BCUT2D eigenvalue weighted by atomic mass is 79.9. The van der Waals surface area contributed by atoms with Crippen LogP contribution in [0.25, 0.3) is 0 Å². The van der Waals surface area contributed by atoms with Gasteiger partial charge in [-0.2, -0.15) is 0 Å². The maximum absolute atomic E-state index is 12.0. The van der Waals surface area contributed by atoms with Gasteiger partial charge in [-0.15, -0.1) is 0 Å². The Morgan fingerprint density at radius 1 is 1.11 bits per heavy atom. The fourth-order valence-electron chi connectivity index (χ4n) is 2.32. The summed E-state index contributed by atoms with van der Waals surface area (Å²) in [5.41, 5.74) is 0.821. The van der Waals surface area contributed by atoms with Gasteiger partial charge in [0.25, 0.3) is 0 Å². The maximum atomic E-state index is 12.0. The molecule has 0 aromatic heterocycles. The molecule has 0 bridgehead atoms. The molecule has 1 aliphatic carbocycles. The minimum absolute atomic E-state index is 0.0662. The normalized spacial score (nSPS) is 17.8. The Morgan fingerprint density at radius 2 is 1.72 bits per heavy atom. The molecule has 0 atom stereocenters. The zero-order chi connectivity index (χ0) is 13.0. The van der Waals surface area contributed by atoms with E-state index in [2.05, 4.69) is 20.7 Å². The molecule has 0 aliphatic heterocycles. The lowest BCUT2D eigenvalue weighted by Crippen LogP contribution is -2.36. The maximum Gasteiger partial charge on any atom is 0.216 e. The van der Waals surface area contributed by atoms with Crippen LogP contribution in [0.3, 0.4) is 0 Å². The molecule has 1 aromatic rings. The number of halogens is 1. The SMILES string of the molecule is O=S(=O)(Cc1ccc(Br)cc1)NC1CCCCC1. The fourth-order valence-corrected chi connectivity index (χ4v) is 4.04. The Morgan fingerprint density at radius 3 is 2.33 bits per heavy atom. The second-order valence-electron chi connectivity index (χ2n) is 4.84. The predicted molar refractivity (Wildman–Crippen MR) is 76.8 cm³/mol. The molecule has 1 aliphatic rings. The van der Waals surface area contributed by atoms with Crippen LogP contribution in [0.15, 0.2) is 28.7 Å². The summed E-state index contributed by atoms with van der Waals surface area (Å²) in [7, 11) is -3.21. The van der Waals surface area contributed by atoms with Crippen molar-refractivity contribution in [3.05, 3.63) is 34.3 Å². The molecular formula is C13H18BrNO2S. The molecule has 3 nitrogen and oxygen atoms in total. The molecule has 0 heterocycles. The molecule has 0 spiro atoms.